The number of hydrogen-bond donors (Lipinski definition) is 0. The van der Waals surface area contributed by atoms with Crippen molar-refractivity contribution in [2.24, 2.45) is 7.05 Å². The van der Waals surface area contributed by atoms with E-state index >= 15 is 0 Å². The Bertz CT molecular complexity index is 902. The topological polar surface area (TPSA) is 46.8 Å². The maximum absolute atomic E-state index is 14.0. The van der Waals surface area contributed by atoms with Gasteiger partial charge in [-0.3, -0.25) is 4.90 Å². The first kappa shape index (κ1) is 16.4. The third-order valence-electron chi connectivity index (χ3n) is 4.96. The second-order valence-electron chi connectivity index (χ2n) is 6.50. The van der Waals surface area contributed by atoms with E-state index in [4.69, 9.17) is 16.6 Å². The highest BCUT2D eigenvalue weighted by atomic mass is 35.5. The number of para-hydroxylation sites is 2. The Morgan fingerprint density at radius 1 is 1.20 bits per heavy atom. The Hall–Kier alpha value is -2.05. The van der Waals surface area contributed by atoms with Gasteiger partial charge in [-0.2, -0.15) is 0 Å². The standard InChI is InChI=1S/C18H19ClFN5/c1-24-15-5-3-2-4-14(15)22-16(24)11-25-8-6-12(7-9-25)17-13(20)10-21-18(19)23-17/h2-5,10,12H,6-9,11H2,1H3. The minimum Gasteiger partial charge on any atom is -0.330 e. The van der Waals surface area contributed by atoms with Gasteiger partial charge in [0, 0.05) is 13.0 Å². The van der Waals surface area contributed by atoms with E-state index in [1.807, 2.05) is 18.2 Å². The molecule has 1 fully saturated rings. The second kappa shape index (κ2) is 6.69. The predicted octanol–water partition coefficient (Wildman–Crippen LogP) is 3.54. The lowest BCUT2D eigenvalue weighted by Gasteiger charge is -2.31. The number of benzene rings is 1. The van der Waals surface area contributed by atoms with Crippen LogP contribution in [0.5, 0.6) is 0 Å². The van der Waals surface area contributed by atoms with E-state index in [1.54, 1.807) is 0 Å². The largest absolute Gasteiger partial charge is 0.330 e. The summed E-state index contributed by atoms with van der Waals surface area (Å²) in [4.78, 5) is 14.9. The summed E-state index contributed by atoms with van der Waals surface area (Å²) in [6.07, 6.45) is 2.87. The minimum absolute atomic E-state index is 0.0946. The molecule has 130 valence electrons. The Balaban J connectivity index is 1.45. The van der Waals surface area contributed by atoms with Crippen molar-refractivity contribution in [3.05, 3.63) is 53.1 Å². The fourth-order valence-electron chi connectivity index (χ4n) is 3.55. The lowest BCUT2D eigenvalue weighted by molar-refractivity contribution is 0.196. The van der Waals surface area contributed by atoms with E-state index in [0.717, 1.165) is 55.5 Å². The van der Waals surface area contributed by atoms with Gasteiger partial charge in [-0.15, -0.1) is 0 Å². The molecule has 0 N–H and O–H groups in total. The zero-order valence-corrected chi connectivity index (χ0v) is 14.7. The molecule has 0 bridgehead atoms. The summed E-state index contributed by atoms with van der Waals surface area (Å²) >= 11 is 5.82. The van der Waals surface area contributed by atoms with Gasteiger partial charge >= 0.3 is 0 Å². The van der Waals surface area contributed by atoms with Crippen LogP contribution in [0.4, 0.5) is 4.39 Å². The molecule has 0 aliphatic carbocycles. The van der Waals surface area contributed by atoms with E-state index < -0.39 is 0 Å². The normalized spacial score (nSPS) is 16.6. The summed E-state index contributed by atoms with van der Waals surface area (Å²) < 4.78 is 16.1. The highest BCUT2D eigenvalue weighted by Gasteiger charge is 2.25. The molecule has 1 saturated heterocycles. The van der Waals surface area contributed by atoms with Crippen LogP contribution in [0.15, 0.2) is 30.5 Å². The van der Waals surface area contributed by atoms with Crippen LogP contribution in [0.3, 0.4) is 0 Å². The molecule has 0 atom stereocenters. The van der Waals surface area contributed by atoms with E-state index in [2.05, 4.69) is 32.5 Å². The van der Waals surface area contributed by atoms with Crippen molar-refractivity contribution >= 4 is 22.6 Å². The number of aromatic nitrogens is 4. The lowest BCUT2D eigenvalue weighted by atomic mass is 9.93. The average molecular weight is 360 g/mol. The average Bonchev–Trinajstić information content (AvgIpc) is 2.94. The maximum atomic E-state index is 14.0. The smallest absolute Gasteiger partial charge is 0.222 e. The molecule has 0 radical (unpaired) electrons. The van der Waals surface area contributed by atoms with Crippen molar-refractivity contribution in [3.63, 3.8) is 0 Å². The van der Waals surface area contributed by atoms with Gasteiger partial charge in [0.05, 0.1) is 29.5 Å². The van der Waals surface area contributed by atoms with Gasteiger partial charge in [0.25, 0.3) is 0 Å². The van der Waals surface area contributed by atoms with Crippen molar-refractivity contribution in [1.82, 2.24) is 24.4 Å². The van der Waals surface area contributed by atoms with Crippen LogP contribution in [0.2, 0.25) is 5.28 Å². The SMILES string of the molecule is Cn1c(CN2CCC(c3nc(Cl)ncc3F)CC2)nc2ccccc21. The molecule has 1 aliphatic rings. The summed E-state index contributed by atoms with van der Waals surface area (Å²) in [6.45, 7) is 2.56. The quantitative estimate of drug-likeness (QED) is 0.671. The number of hydrogen-bond acceptors (Lipinski definition) is 4. The van der Waals surface area contributed by atoms with Crippen molar-refractivity contribution in [2.45, 2.75) is 25.3 Å². The molecule has 7 heteroatoms. The molecule has 4 rings (SSSR count). The Kier molecular flexibility index (Phi) is 4.39. The molecule has 0 unspecified atom stereocenters. The van der Waals surface area contributed by atoms with Gasteiger partial charge in [-0.25, -0.2) is 19.3 Å². The number of fused-ring (bicyclic) bond motifs is 1. The molecule has 5 nitrogen and oxygen atoms in total. The summed E-state index contributed by atoms with van der Waals surface area (Å²) in [7, 11) is 2.05. The molecule has 2 aromatic heterocycles. The summed E-state index contributed by atoms with van der Waals surface area (Å²) in [5, 5.41) is 0.110. The molecular formula is C18H19ClFN5. The summed E-state index contributed by atoms with van der Waals surface area (Å²) in [6, 6.07) is 8.15. The fourth-order valence-corrected chi connectivity index (χ4v) is 3.69. The Labute approximate surface area is 150 Å². The van der Waals surface area contributed by atoms with Crippen LogP contribution in [0.25, 0.3) is 11.0 Å². The molecule has 0 spiro atoms. The number of halogens is 2. The third kappa shape index (κ3) is 3.24. The molecule has 0 saturated carbocycles. The maximum Gasteiger partial charge on any atom is 0.222 e. The molecule has 0 amide bonds. The van der Waals surface area contributed by atoms with Crippen LogP contribution in [-0.4, -0.2) is 37.5 Å². The van der Waals surface area contributed by atoms with Gasteiger partial charge in [-0.05, 0) is 49.7 Å². The molecule has 3 aromatic rings. The van der Waals surface area contributed by atoms with Crippen molar-refractivity contribution in [3.8, 4) is 0 Å². The van der Waals surface area contributed by atoms with Crippen LogP contribution in [0.1, 0.15) is 30.3 Å². The van der Waals surface area contributed by atoms with Crippen LogP contribution < -0.4 is 0 Å². The van der Waals surface area contributed by atoms with Crippen LogP contribution in [0, 0.1) is 5.82 Å². The first-order valence-corrected chi connectivity index (χ1v) is 8.80. The highest BCUT2D eigenvalue weighted by molar-refractivity contribution is 6.28. The predicted molar refractivity (Wildman–Crippen MR) is 95.0 cm³/mol. The molecular weight excluding hydrogens is 341 g/mol. The van der Waals surface area contributed by atoms with Gasteiger partial charge in [-0.1, -0.05) is 12.1 Å². The minimum atomic E-state index is -0.363. The number of piperidine rings is 1. The summed E-state index contributed by atoms with van der Waals surface area (Å²) in [5.74, 6) is 0.784. The number of imidazole rings is 1. The van der Waals surface area contributed by atoms with Crippen LogP contribution in [-0.2, 0) is 13.6 Å². The zero-order valence-electron chi connectivity index (χ0n) is 14.0. The Morgan fingerprint density at radius 2 is 1.96 bits per heavy atom. The number of likely N-dealkylation sites (tertiary alicyclic amines) is 1. The monoisotopic (exact) mass is 359 g/mol. The third-order valence-corrected chi connectivity index (χ3v) is 5.14. The zero-order chi connectivity index (χ0) is 17.4. The van der Waals surface area contributed by atoms with Crippen molar-refractivity contribution in [2.75, 3.05) is 13.1 Å². The highest BCUT2D eigenvalue weighted by Crippen LogP contribution is 2.29. The van der Waals surface area contributed by atoms with Gasteiger partial charge < -0.3 is 4.57 Å². The van der Waals surface area contributed by atoms with Crippen LogP contribution >= 0.6 is 11.6 Å². The molecule has 25 heavy (non-hydrogen) atoms. The van der Waals surface area contributed by atoms with E-state index in [1.165, 1.54) is 0 Å². The summed E-state index contributed by atoms with van der Waals surface area (Å²) in [5.41, 5.74) is 2.61. The fraction of sp³-hybridized carbons (Fsp3) is 0.389. The van der Waals surface area contributed by atoms with Gasteiger partial charge in [0.2, 0.25) is 5.28 Å². The number of nitrogens with zero attached hydrogens (tertiary/aromatic N) is 5. The van der Waals surface area contributed by atoms with Crippen molar-refractivity contribution in [1.29, 1.82) is 0 Å². The number of rotatable bonds is 3. The van der Waals surface area contributed by atoms with Gasteiger partial charge in [0.15, 0.2) is 5.82 Å². The lowest BCUT2D eigenvalue weighted by Crippen LogP contribution is -2.33. The van der Waals surface area contributed by atoms with E-state index in [0.29, 0.717) is 5.69 Å². The van der Waals surface area contributed by atoms with E-state index in [-0.39, 0.29) is 17.0 Å². The molecule has 3 heterocycles. The first-order chi connectivity index (χ1) is 12.1. The van der Waals surface area contributed by atoms with E-state index in [9.17, 15) is 4.39 Å². The second-order valence-corrected chi connectivity index (χ2v) is 6.84. The first-order valence-electron chi connectivity index (χ1n) is 8.42. The van der Waals surface area contributed by atoms with Crippen molar-refractivity contribution < 1.29 is 4.39 Å². The Morgan fingerprint density at radius 3 is 2.72 bits per heavy atom. The van der Waals surface area contributed by atoms with Gasteiger partial charge in [0.1, 0.15) is 5.82 Å². The molecule has 1 aliphatic heterocycles. The molecule has 1 aromatic carbocycles. The number of aryl methyl sites for hydroxylation is 1.